The standard InChI is InChI=1S/C16H14N4OS2/c1-20(11-5-4-8-17-9-11)16(22)23-10-14-18-13-7-3-2-6-12(13)15(21)19-14/h2-9H,10H2,1H3,(H,18,19,21). The highest BCUT2D eigenvalue weighted by Gasteiger charge is 2.10. The van der Waals surface area contributed by atoms with Crippen molar-refractivity contribution >= 4 is 44.9 Å². The highest BCUT2D eigenvalue weighted by atomic mass is 32.2. The van der Waals surface area contributed by atoms with Crippen LogP contribution in [0.3, 0.4) is 0 Å². The molecule has 2 heterocycles. The summed E-state index contributed by atoms with van der Waals surface area (Å²) in [7, 11) is 1.89. The lowest BCUT2D eigenvalue weighted by Gasteiger charge is -2.18. The molecular weight excluding hydrogens is 328 g/mol. The summed E-state index contributed by atoms with van der Waals surface area (Å²) < 4.78 is 0.689. The van der Waals surface area contributed by atoms with Crippen molar-refractivity contribution in [3.8, 4) is 0 Å². The maximum atomic E-state index is 12.0. The zero-order chi connectivity index (χ0) is 16.2. The van der Waals surface area contributed by atoms with Crippen molar-refractivity contribution in [2.45, 2.75) is 5.75 Å². The fourth-order valence-corrected chi connectivity index (χ4v) is 3.07. The van der Waals surface area contributed by atoms with Gasteiger partial charge in [-0.15, -0.1) is 0 Å². The summed E-state index contributed by atoms with van der Waals surface area (Å²) in [5, 5.41) is 0.594. The van der Waals surface area contributed by atoms with Gasteiger partial charge < -0.3 is 9.88 Å². The van der Waals surface area contributed by atoms with Gasteiger partial charge in [-0.1, -0.05) is 36.1 Å². The second-order valence-electron chi connectivity index (χ2n) is 4.85. The Kier molecular flexibility index (Phi) is 4.68. The van der Waals surface area contributed by atoms with Crippen molar-refractivity contribution in [2.24, 2.45) is 0 Å². The van der Waals surface area contributed by atoms with Gasteiger partial charge in [0.15, 0.2) is 0 Å². The fraction of sp³-hybridized carbons (Fsp3) is 0.125. The van der Waals surface area contributed by atoms with E-state index in [2.05, 4.69) is 15.0 Å². The Morgan fingerprint density at radius 2 is 2.13 bits per heavy atom. The van der Waals surface area contributed by atoms with Gasteiger partial charge in [-0.3, -0.25) is 9.78 Å². The van der Waals surface area contributed by atoms with E-state index in [1.54, 1.807) is 18.5 Å². The Labute approximate surface area is 142 Å². The smallest absolute Gasteiger partial charge is 0.258 e. The van der Waals surface area contributed by atoms with Gasteiger partial charge in [0.2, 0.25) is 0 Å². The summed E-state index contributed by atoms with van der Waals surface area (Å²) >= 11 is 6.87. The molecule has 1 aromatic carbocycles. The first-order chi connectivity index (χ1) is 11.1. The molecule has 0 amide bonds. The quantitative estimate of drug-likeness (QED) is 0.739. The van der Waals surface area contributed by atoms with E-state index >= 15 is 0 Å². The van der Waals surface area contributed by atoms with E-state index < -0.39 is 0 Å². The van der Waals surface area contributed by atoms with Crippen LogP contribution in [0.1, 0.15) is 5.82 Å². The van der Waals surface area contributed by atoms with Crippen LogP contribution in [0.15, 0.2) is 53.6 Å². The molecule has 0 unspecified atom stereocenters. The van der Waals surface area contributed by atoms with E-state index in [1.807, 2.05) is 42.3 Å². The number of para-hydroxylation sites is 1. The molecule has 3 aromatic rings. The number of nitrogens with one attached hydrogen (secondary N) is 1. The van der Waals surface area contributed by atoms with Crippen LogP contribution in [0.2, 0.25) is 0 Å². The predicted molar refractivity (Wildman–Crippen MR) is 98.9 cm³/mol. The van der Waals surface area contributed by atoms with Crippen LogP contribution in [0.4, 0.5) is 5.69 Å². The van der Waals surface area contributed by atoms with E-state index in [1.165, 1.54) is 11.8 Å². The van der Waals surface area contributed by atoms with Gasteiger partial charge in [-0.25, -0.2) is 4.98 Å². The number of pyridine rings is 1. The molecule has 3 rings (SSSR count). The number of rotatable bonds is 3. The van der Waals surface area contributed by atoms with E-state index in [0.29, 0.717) is 26.8 Å². The Morgan fingerprint density at radius 1 is 1.30 bits per heavy atom. The number of aromatic nitrogens is 3. The first kappa shape index (κ1) is 15.6. The maximum Gasteiger partial charge on any atom is 0.258 e. The van der Waals surface area contributed by atoms with E-state index in [9.17, 15) is 4.79 Å². The second kappa shape index (κ2) is 6.89. The van der Waals surface area contributed by atoms with E-state index in [0.717, 1.165) is 5.69 Å². The SMILES string of the molecule is CN(C(=S)SCc1nc2ccccc2c(=O)[nH]1)c1cccnc1. The van der Waals surface area contributed by atoms with Crippen LogP contribution in [-0.4, -0.2) is 26.3 Å². The van der Waals surface area contributed by atoms with Gasteiger partial charge in [0.25, 0.3) is 5.56 Å². The molecule has 0 aliphatic rings. The Balaban J connectivity index is 1.73. The number of H-pyrrole nitrogens is 1. The van der Waals surface area contributed by atoms with Crippen LogP contribution in [0.5, 0.6) is 0 Å². The first-order valence-electron chi connectivity index (χ1n) is 6.93. The zero-order valence-corrected chi connectivity index (χ0v) is 14.0. The number of fused-ring (bicyclic) bond motifs is 1. The van der Waals surface area contributed by atoms with Gasteiger partial charge in [0.1, 0.15) is 10.1 Å². The summed E-state index contributed by atoms with van der Waals surface area (Å²) in [6.45, 7) is 0. The summed E-state index contributed by atoms with van der Waals surface area (Å²) in [5.74, 6) is 1.12. The van der Waals surface area contributed by atoms with Crippen LogP contribution < -0.4 is 10.5 Å². The number of thiocarbonyl (C=S) groups is 1. The molecular formula is C16H14N4OS2. The highest BCUT2D eigenvalue weighted by Crippen LogP contribution is 2.19. The number of hydrogen-bond acceptors (Lipinski definition) is 5. The molecule has 5 nitrogen and oxygen atoms in total. The van der Waals surface area contributed by atoms with Crippen molar-refractivity contribution in [3.63, 3.8) is 0 Å². The average Bonchev–Trinajstić information content (AvgIpc) is 2.60. The number of anilines is 1. The van der Waals surface area contributed by atoms with Gasteiger partial charge in [0, 0.05) is 13.2 Å². The Bertz CT molecular complexity index is 895. The van der Waals surface area contributed by atoms with Crippen LogP contribution in [0, 0.1) is 0 Å². The molecule has 0 saturated carbocycles. The largest absolute Gasteiger partial charge is 0.329 e. The summed E-state index contributed by atoms with van der Waals surface area (Å²) in [6.07, 6.45) is 3.47. The van der Waals surface area contributed by atoms with Gasteiger partial charge in [-0.2, -0.15) is 0 Å². The normalized spacial score (nSPS) is 10.7. The summed E-state index contributed by atoms with van der Waals surface area (Å²) in [6, 6.07) is 11.1. The molecule has 0 atom stereocenters. The molecule has 1 N–H and O–H groups in total. The fourth-order valence-electron chi connectivity index (χ4n) is 2.09. The molecule has 0 radical (unpaired) electrons. The third-order valence-corrected chi connectivity index (χ3v) is 4.87. The van der Waals surface area contributed by atoms with Gasteiger partial charge in [-0.05, 0) is 24.3 Å². The van der Waals surface area contributed by atoms with Crippen molar-refractivity contribution in [3.05, 3.63) is 65.0 Å². The Morgan fingerprint density at radius 3 is 2.91 bits per heavy atom. The number of hydrogen-bond donors (Lipinski definition) is 1. The molecule has 116 valence electrons. The minimum atomic E-state index is -0.127. The van der Waals surface area contributed by atoms with E-state index in [-0.39, 0.29) is 5.56 Å². The monoisotopic (exact) mass is 342 g/mol. The lowest BCUT2D eigenvalue weighted by atomic mass is 10.2. The molecule has 0 aliphatic carbocycles. The number of nitrogens with zero attached hydrogens (tertiary/aromatic N) is 3. The molecule has 0 spiro atoms. The lowest BCUT2D eigenvalue weighted by molar-refractivity contribution is 1.04. The third-order valence-electron chi connectivity index (χ3n) is 3.30. The lowest BCUT2D eigenvalue weighted by Crippen LogP contribution is -2.22. The predicted octanol–water partition coefficient (Wildman–Crippen LogP) is 2.97. The van der Waals surface area contributed by atoms with Crippen molar-refractivity contribution in [1.82, 2.24) is 15.0 Å². The molecule has 0 saturated heterocycles. The van der Waals surface area contributed by atoms with Crippen LogP contribution >= 0.6 is 24.0 Å². The molecule has 2 aromatic heterocycles. The second-order valence-corrected chi connectivity index (χ2v) is 6.46. The van der Waals surface area contributed by atoms with Gasteiger partial charge in [0.05, 0.1) is 28.5 Å². The third kappa shape index (κ3) is 3.57. The minimum Gasteiger partial charge on any atom is -0.329 e. The maximum absolute atomic E-state index is 12.0. The molecule has 0 bridgehead atoms. The highest BCUT2D eigenvalue weighted by molar-refractivity contribution is 8.22. The Hall–Kier alpha value is -2.25. The molecule has 23 heavy (non-hydrogen) atoms. The van der Waals surface area contributed by atoms with Gasteiger partial charge >= 0.3 is 0 Å². The number of benzene rings is 1. The average molecular weight is 342 g/mol. The topological polar surface area (TPSA) is 61.9 Å². The summed E-state index contributed by atoms with van der Waals surface area (Å²) in [5.41, 5.74) is 1.49. The van der Waals surface area contributed by atoms with E-state index in [4.69, 9.17) is 12.2 Å². The zero-order valence-electron chi connectivity index (χ0n) is 12.4. The van der Waals surface area contributed by atoms with Crippen molar-refractivity contribution < 1.29 is 0 Å². The molecule has 0 aliphatic heterocycles. The summed E-state index contributed by atoms with van der Waals surface area (Å²) in [4.78, 5) is 25.3. The van der Waals surface area contributed by atoms with Crippen molar-refractivity contribution in [1.29, 1.82) is 0 Å². The molecule has 7 heteroatoms. The number of thioether (sulfide) groups is 1. The van der Waals surface area contributed by atoms with Crippen LogP contribution in [0.25, 0.3) is 10.9 Å². The first-order valence-corrected chi connectivity index (χ1v) is 8.33. The molecule has 0 fully saturated rings. The van der Waals surface area contributed by atoms with Crippen LogP contribution in [-0.2, 0) is 5.75 Å². The van der Waals surface area contributed by atoms with Crippen molar-refractivity contribution in [2.75, 3.05) is 11.9 Å². The minimum absolute atomic E-state index is 0.127. The number of aromatic amines is 1.